The maximum Gasteiger partial charge on any atom is 0.00342 e. The Labute approximate surface area is 59.4 Å². The molecular formula is C7H11Br. The number of unbranched alkanes of at least 4 members (excludes halogenated alkanes) is 1. The summed E-state index contributed by atoms with van der Waals surface area (Å²) in [5, 5.41) is 1.09. The SMILES string of the molecule is C=CC=CCCCBr. The van der Waals surface area contributed by atoms with Crippen molar-refractivity contribution in [2.24, 2.45) is 0 Å². The van der Waals surface area contributed by atoms with Crippen LogP contribution in [0.1, 0.15) is 12.8 Å². The van der Waals surface area contributed by atoms with Crippen LogP contribution in [0.15, 0.2) is 24.8 Å². The number of hydrogen-bond acceptors (Lipinski definition) is 0. The van der Waals surface area contributed by atoms with Crippen molar-refractivity contribution in [1.29, 1.82) is 0 Å². The lowest BCUT2D eigenvalue weighted by atomic mass is 10.3. The summed E-state index contributed by atoms with van der Waals surface area (Å²) in [6, 6.07) is 0. The van der Waals surface area contributed by atoms with Crippen LogP contribution in [-0.2, 0) is 0 Å². The fourth-order valence-corrected chi connectivity index (χ4v) is 0.711. The minimum atomic E-state index is 1.09. The number of hydrogen-bond donors (Lipinski definition) is 0. The van der Waals surface area contributed by atoms with Crippen LogP contribution < -0.4 is 0 Å². The van der Waals surface area contributed by atoms with Crippen LogP contribution in [0.5, 0.6) is 0 Å². The zero-order valence-corrected chi connectivity index (χ0v) is 6.52. The van der Waals surface area contributed by atoms with E-state index < -0.39 is 0 Å². The van der Waals surface area contributed by atoms with Gasteiger partial charge >= 0.3 is 0 Å². The normalized spacial score (nSPS) is 10.1. The largest absolute Gasteiger partial charge is 0.0991 e. The standard InChI is InChI=1S/C7H11Br/c1-2-3-4-5-6-7-8/h2-4H,1,5-7H2. The second kappa shape index (κ2) is 6.96. The predicted molar refractivity (Wildman–Crippen MR) is 42.4 cm³/mol. The van der Waals surface area contributed by atoms with E-state index in [0.717, 1.165) is 11.8 Å². The summed E-state index contributed by atoms with van der Waals surface area (Å²) < 4.78 is 0. The minimum Gasteiger partial charge on any atom is -0.0991 e. The van der Waals surface area contributed by atoms with Gasteiger partial charge in [-0.15, -0.1) is 0 Å². The van der Waals surface area contributed by atoms with Crippen molar-refractivity contribution in [1.82, 2.24) is 0 Å². The summed E-state index contributed by atoms with van der Waals surface area (Å²) >= 11 is 3.34. The summed E-state index contributed by atoms with van der Waals surface area (Å²) in [7, 11) is 0. The monoisotopic (exact) mass is 174 g/mol. The molecule has 0 aliphatic heterocycles. The molecule has 0 rings (SSSR count). The Morgan fingerprint density at radius 1 is 1.50 bits per heavy atom. The lowest BCUT2D eigenvalue weighted by molar-refractivity contribution is 0.979. The Morgan fingerprint density at radius 3 is 2.75 bits per heavy atom. The van der Waals surface area contributed by atoms with Gasteiger partial charge in [-0.25, -0.2) is 0 Å². The van der Waals surface area contributed by atoms with Crippen molar-refractivity contribution >= 4 is 15.9 Å². The van der Waals surface area contributed by atoms with E-state index in [4.69, 9.17) is 0 Å². The van der Waals surface area contributed by atoms with Gasteiger partial charge in [-0.3, -0.25) is 0 Å². The Kier molecular flexibility index (Phi) is 6.93. The zero-order valence-electron chi connectivity index (χ0n) is 4.94. The van der Waals surface area contributed by atoms with Crippen LogP contribution in [0.25, 0.3) is 0 Å². The van der Waals surface area contributed by atoms with E-state index >= 15 is 0 Å². The van der Waals surface area contributed by atoms with Crippen molar-refractivity contribution in [2.45, 2.75) is 12.8 Å². The average Bonchev–Trinajstić information content (AvgIpc) is 1.81. The van der Waals surface area contributed by atoms with Gasteiger partial charge in [0.05, 0.1) is 0 Å². The van der Waals surface area contributed by atoms with E-state index in [1.807, 2.05) is 6.08 Å². The third-order valence-corrected chi connectivity index (χ3v) is 1.34. The molecular weight excluding hydrogens is 164 g/mol. The van der Waals surface area contributed by atoms with Gasteiger partial charge in [0.1, 0.15) is 0 Å². The molecule has 0 heterocycles. The number of halogens is 1. The quantitative estimate of drug-likeness (QED) is 0.350. The van der Waals surface area contributed by atoms with Gasteiger partial charge in [0.2, 0.25) is 0 Å². The highest BCUT2D eigenvalue weighted by Gasteiger charge is 1.75. The highest BCUT2D eigenvalue weighted by molar-refractivity contribution is 9.09. The fraction of sp³-hybridized carbons (Fsp3) is 0.429. The molecule has 0 N–H and O–H groups in total. The van der Waals surface area contributed by atoms with Crippen molar-refractivity contribution < 1.29 is 0 Å². The number of allylic oxidation sites excluding steroid dienone is 3. The van der Waals surface area contributed by atoms with Crippen molar-refractivity contribution in [2.75, 3.05) is 5.33 Å². The van der Waals surface area contributed by atoms with E-state index in [9.17, 15) is 0 Å². The Balaban J connectivity index is 2.91. The topological polar surface area (TPSA) is 0 Å². The summed E-state index contributed by atoms with van der Waals surface area (Å²) in [4.78, 5) is 0. The molecule has 0 unspecified atom stereocenters. The van der Waals surface area contributed by atoms with Gasteiger partial charge < -0.3 is 0 Å². The molecule has 0 fully saturated rings. The molecule has 0 amide bonds. The molecule has 0 aliphatic carbocycles. The van der Waals surface area contributed by atoms with Crippen LogP contribution in [-0.4, -0.2) is 5.33 Å². The lowest BCUT2D eigenvalue weighted by Crippen LogP contribution is -1.68. The third-order valence-electron chi connectivity index (χ3n) is 0.777. The number of rotatable bonds is 4. The van der Waals surface area contributed by atoms with E-state index in [2.05, 4.69) is 28.6 Å². The molecule has 0 aliphatic rings. The molecule has 1 heteroatoms. The summed E-state index contributed by atoms with van der Waals surface area (Å²) in [5.74, 6) is 0. The van der Waals surface area contributed by atoms with Gasteiger partial charge in [-0.2, -0.15) is 0 Å². The molecule has 0 bridgehead atoms. The smallest absolute Gasteiger partial charge is 0.00342 e. The van der Waals surface area contributed by atoms with Crippen LogP contribution >= 0.6 is 15.9 Å². The van der Waals surface area contributed by atoms with E-state index in [-0.39, 0.29) is 0 Å². The molecule has 46 valence electrons. The summed E-state index contributed by atoms with van der Waals surface area (Å²) in [6.07, 6.45) is 8.26. The molecule has 0 aromatic rings. The van der Waals surface area contributed by atoms with Gasteiger partial charge in [0, 0.05) is 5.33 Å². The van der Waals surface area contributed by atoms with Gasteiger partial charge in [0.25, 0.3) is 0 Å². The Morgan fingerprint density at radius 2 is 2.25 bits per heavy atom. The summed E-state index contributed by atoms with van der Waals surface area (Å²) in [5.41, 5.74) is 0. The van der Waals surface area contributed by atoms with Gasteiger partial charge in [-0.05, 0) is 12.8 Å². The van der Waals surface area contributed by atoms with Gasteiger partial charge in [0.15, 0.2) is 0 Å². The molecule has 0 atom stereocenters. The molecule has 0 nitrogen and oxygen atoms in total. The molecule has 0 aromatic carbocycles. The van der Waals surface area contributed by atoms with E-state index in [1.165, 1.54) is 6.42 Å². The van der Waals surface area contributed by atoms with Crippen molar-refractivity contribution in [3.63, 3.8) is 0 Å². The van der Waals surface area contributed by atoms with Crippen molar-refractivity contribution in [3.8, 4) is 0 Å². The lowest BCUT2D eigenvalue weighted by Gasteiger charge is -1.83. The Bertz CT molecular complexity index is 74.5. The first kappa shape index (κ1) is 7.96. The average molecular weight is 175 g/mol. The van der Waals surface area contributed by atoms with Crippen LogP contribution in [0, 0.1) is 0 Å². The molecule has 0 radical (unpaired) electrons. The highest BCUT2D eigenvalue weighted by atomic mass is 79.9. The maximum atomic E-state index is 3.56. The molecule has 0 spiro atoms. The number of alkyl halides is 1. The van der Waals surface area contributed by atoms with Crippen LogP contribution in [0.2, 0.25) is 0 Å². The van der Waals surface area contributed by atoms with E-state index in [0.29, 0.717) is 0 Å². The minimum absolute atomic E-state index is 1.09. The predicted octanol–water partition coefficient (Wildman–Crippen LogP) is 2.90. The second-order valence-corrected chi connectivity index (χ2v) is 2.29. The molecule has 8 heavy (non-hydrogen) atoms. The molecule has 0 saturated heterocycles. The second-order valence-electron chi connectivity index (χ2n) is 1.50. The third kappa shape index (κ3) is 5.96. The summed E-state index contributed by atoms with van der Waals surface area (Å²) in [6.45, 7) is 3.56. The Hall–Kier alpha value is -0.0400. The van der Waals surface area contributed by atoms with Crippen LogP contribution in [0.4, 0.5) is 0 Å². The first-order valence-electron chi connectivity index (χ1n) is 2.75. The first-order chi connectivity index (χ1) is 3.91. The molecule has 0 saturated carbocycles. The highest BCUT2D eigenvalue weighted by Crippen LogP contribution is 1.94. The van der Waals surface area contributed by atoms with Crippen LogP contribution in [0.3, 0.4) is 0 Å². The van der Waals surface area contributed by atoms with Gasteiger partial charge in [-0.1, -0.05) is 40.7 Å². The first-order valence-corrected chi connectivity index (χ1v) is 3.87. The fourth-order valence-electron chi connectivity index (χ4n) is 0.387. The molecule has 0 aromatic heterocycles. The van der Waals surface area contributed by atoms with Crippen molar-refractivity contribution in [3.05, 3.63) is 24.8 Å². The zero-order chi connectivity index (χ0) is 6.24. The maximum absolute atomic E-state index is 3.56. The van der Waals surface area contributed by atoms with E-state index in [1.54, 1.807) is 6.08 Å².